The van der Waals surface area contributed by atoms with E-state index in [1.807, 2.05) is 54.3 Å². The van der Waals surface area contributed by atoms with Crippen LogP contribution in [-0.4, -0.2) is 57.7 Å². The van der Waals surface area contributed by atoms with Gasteiger partial charge in [0.15, 0.2) is 5.65 Å². The molecule has 1 saturated heterocycles. The molecule has 4 aromatic rings. The second-order valence-corrected chi connectivity index (χ2v) is 9.89. The normalized spacial score (nSPS) is 15.8. The molecule has 6 rings (SSSR count). The summed E-state index contributed by atoms with van der Waals surface area (Å²) in [7, 11) is 0. The van der Waals surface area contributed by atoms with Crippen molar-refractivity contribution >= 4 is 29.0 Å². The first-order valence-electron chi connectivity index (χ1n) is 12.9. The van der Waals surface area contributed by atoms with Crippen LogP contribution in [0.15, 0.2) is 60.9 Å². The molecule has 2 aromatic heterocycles. The number of aromatic nitrogens is 3. The number of ether oxygens (including phenoxy) is 2. The van der Waals surface area contributed by atoms with Crippen LogP contribution in [0, 0.1) is 6.92 Å². The highest BCUT2D eigenvalue weighted by Gasteiger charge is 2.44. The molecule has 1 N–H and O–H groups in total. The molecule has 9 heteroatoms. The molecule has 2 aromatic carbocycles. The number of fused-ring (bicyclic) bond motifs is 3. The van der Waals surface area contributed by atoms with Crippen LogP contribution in [0.25, 0.3) is 5.65 Å². The lowest BCUT2D eigenvalue weighted by atomic mass is 9.74. The highest BCUT2D eigenvalue weighted by molar-refractivity contribution is 6.01. The molecule has 0 saturated carbocycles. The molecule has 2 aliphatic rings. The molecule has 9 nitrogen and oxygen atoms in total. The van der Waals surface area contributed by atoms with E-state index in [0.29, 0.717) is 36.7 Å². The van der Waals surface area contributed by atoms with E-state index in [9.17, 15) is 9.59 Å². The van der Waals surface area contributed by atoms with E-state index < -0.39 is 5.97 Å². The molecule has 2 aliphatic heterocycles. The summed E-state index contributed by atoms with van der Waals surface area (Å²) < 4.78 is 12.7. The fourth-order valence-corrected chi connectivity index (χ4v) is 5.47. The second-order valence-electron chi connectivity index (χ2n) is 9.89. The summed E-state index contributed by atoms with van der Waals surface area (Å²) in [6, 6.07) is 16.0. The van der Waals surface area contributed by atoms with Crippen molar-refractivity contribution in [1.82, 2.24) is 19.5 Å². The third-order valence-corrected chi connectivity index (χ3v) is 7.50. The summed E-state index contributed by atoms with van der Waals surface area (Å²) in [6.07, 6.45) is 4.60. The van der Waals surface area contributed by atoms with Gasteiger partial charge in [0.25, 0.3) is 5.91 Å². The van der Waals surface area contributed by atoms with Crippen molar-refractivity contribution < 1.29 is 19.1 Å². The number of piperidine rings is 1. The number of hydrogen-bond acceptors (Lipinski definition) is 7. The quantitative estimate of drug-likeness (QED) is 0.393. The van der Waals surface area contributed by atoms with Crippen LogP contribution < -0.4 is 10.1 Å². The van der Waals surface area contributed by atoms with E-state index in [2.05, 4.69) is 21.5 Å². The standard InChI is InChI=1S/C29H29N5O4/c1-3-37-28(36)22-17-31-34-25(22)30-16-21(26(34)32-20-8-6-7-19(2)15-20)27(35)33-13-11-29(12-14-33)18-38-24-10-5-4-9-23(24)29/h4-10,15-17,32H,3,11-14,18H2,1-2H3. The Balaban J connectivity index is 1.33. The predicted molar refractivity (Wildman–Crippen MR) is 142 cm³/mol. The number of nitrogens with zero attached hydrogens (tertiary/aromatic N) is 4. The maximum Gasteiger partial charge on any atom is 0.343 e. The first kappa shape index (κ1) is 24.0. The van der Waals surface area contributed by atoms with Crippen molar-refractivity contribution in [2.75, 3.05) is 31.6 Å². The van der Waals surface area contributed by atoms with Gasteiger partial charge in [-0.25, -0.2) is 9.78 Å². The largest absolute Gasteiger partial charge is 0.492 e. The smallest absolute Gasteiger partial charge is 0.343 e. The van der Waals surface area contributed by atoms with Gasteiger partial charge in [-0.2, -0.15) is 9.61 Å². The van der Waals surface area contributed by atoms with Gasteiger partial charge >= 0.3 is 5.97 Å². The van der Waals surface area contributed by atoms with Gasteiger partial charge in [0.1, 0.15) is 22.7 Å². The van der Waals surface area contributed by atoms with E-state index in [0.717, 1.165) is 29.8 Å². The lowest BCUT2D eigenvalue weighted by Crippen LogP contribution is -2.46. The molecular formula is C29H29N5O4. The average molecular weight is 512 g/mol. The van der Waals surface area contributed by atoms with Crippen molar-refractivity contribution in [3.8, 4) is 5.75 Å². The van der Waals surface area contributed by atoms with Crippen LogP contribution in [0.4, 0.5) is 11.5 Å². The molecule has 4 heterocycles. The number of likely N-dealkylation sites (tertiary alicyclic amines) is 1. The van der Waals surface area contributed by atoms with E-state index in [-0.39, 0.29) is 23.5 Å². The first-order chi connectivity index (χ1) is 18.5. The molecule has 0 aliphatic carbocycles. The lowest BCUT2D eigenvalue weighted by molar-refractivity contribution is 0.0528. The Bertz CT molecular complexity index is 1540. The Morgan fingerprint density at radius 1 is 1.08 bits per heavy atom. The zero-order valence-electron chi connectivity index (χ0n) is 21.4. The summed E-state index contributed by atoms with van der Waals surface area (Å²) in [5.41, 5.74) is 4.01. The third kappa shape index (κ3) is 4.04. The molecular weight excluding hydrogens is 482 g/mol. The number of carbonyl (C=O) groups excluding carboxylic acids is 2. The molecule has 1 spiro atoms. The average Bonchev–Trinajstić information content (AvgIpc) is 3.52. The second kappa shape index (κ2) is 9.48. The van der Waals surface area contributed by atoms with Crippen molar-refractivity contribution in [3.63, 3.8) is 0 Å². The van der Waals surface area contributed by atoms with Gasteiger partial charge in [0.05, 0.1) is 19.4 Å². The van der Waals surface area contributed by atoms with Crippen LogP contribution in [0.3, 0.4) is 0 Å². The van der Waals surface area contributed by atoms with Crippen LogP contribution in [0.2, 0.25) is 0 Å². The van der Waals surface area contributed by atoms with E-state index in [4.69, 9.17) is 9.47 Å². The zero-order valence-corrected chi connectivity index (χ0v) is 21.4. The summed E-state index contributed by atoms with van der Waals surface area (Å²) in [5.74, 6) is 0.763. The summed E-state index contributed by atoms with van der Waals surface area (Å²) in [4.78, 5) is 32.7. The minimum Gasteiger partial charge on any atom is -0.492 e. The van der Waals surface area contributed by atoms with E-state index >= 15 is 0 Å². The number of para-hydroxylation sites is 1. The topological polar surface area (TPSA) is 98.1 Å². The number of benzene rings is 2. The molecule has 1 amide bonds. The number of rotatable bonds is 5. The van der Waals surface area contributed by atoms with Crippen molar-refractivity contribution in [1.29, 1.82) is 0 Å². The first-order valence-corrected chi connectivity index (χ1v) is 12.9. The number of aryl methyl sites for hydroxylation is 1. The van der Waals surface area contributed by atoms with Crippen molar-refractivity contribution in [3.05, 3.63) is 83.2 Å². The molecule has 0 unspecified atom stereocenters. The van der Waals surface area contributed by atoms with E-state index in [1.54, 1.807) is 6.92 Å². The minimum atomic E-state index is -0.504. The van der Waals surface area contributed by atoms with Crippen LogP contribution >= 0.6 is 0 Å². The van der Waals surface area contributed by atoms with E-state index in [1.165, 1.54) is 22.5 Å². The van der Waals surface area contributed by atoms with Gasteiger partial charge in [-0.15, -0.1) is 0 Å². The molecule has 0 radical (unpaired) electrons. The minimum absolute atomic E-state index is 0.0608. The zero-order chi connectivity index (χ0) is 26.3. The number of esters is 1. The molecule has 38 heavy (non-hydrogen) atoms. The molecule has 0 atom stereocenters. The number of nitrogens with one attached hydrogen (secondary N) is 1. The molecule has 194 valence electrons. The number of carbonyl (C=O) groups is 2. The Hall–Kier alpha value is -4.40. The monoisotopic (exact) mass is 511 g/mol. The predicted octanol–water partition coefficient (Wildman–Crippen LogP) is 4.52. The maximum absolute atomic E-state index is 13.9. The summed E-state index contributed by atoms with van der Waals surface area (Å²) in [5, 5.41) is 7.78. The van der Waals surface area contributed by atoms with Gasteiger partial charge in [0.2, 0.25) is 0 Å². The Kier molecular flexibility index (Phi) is 5.98. The van der Waals surface area contributed by atoms with Crippen molar-refractivity contribution in [2.45, 2.75) is 32.1 Å². The number of amides is 1. The van der Waals surface area contributed by atoms with Gasteiger partial charge in [0, 0.05) is 36.0 Å². The number of hydrogen-bond donors (Lipinski definition) is 1. The highest BCUT2D eigenvalue weighted by atomic mass is 16.5. The van der Waals surface area contributed by atoms with Crippen LogP contribution in [0.1, 0.15) is 51.6 Å². The van der Waals surface area contributed by atoms with Gasteiger partial charge in [-0.05, 0) is 50.5 Å². The fourth-order valence-electron chi connectivity index (χ4n) is 5.47. The Morgan fingerprint density at radius 3 is 2.68 bits per heavy atom. The van der Waals surface area contributed by atoms with Gasteiger partial charge in [-0.1, -0.05) is 30.3 Å². The van der Waals surface area contributed by atoms with Crippen LogP contribution in [-0.2, 0) is 10.2 Å². The molecule has 1 fully saturated rings. The number of anilines is 2. The lowest BCUT2D eigenvalue weighted by Gasteiger charge is -2.38. The van der Waals surface area contributed by atoms with Crippen molar-refractivity contribution in [2.24, 2.45) is 0 Å². The summed E-state index contributed by atoms with van der Waals surface area (Å²) >= 11 is 0. The molecule has 0 bridgehead atoms. The van der Waals surface area contributed by atoms with Crippen LogP contribution in [0.5, 0.6) is 5.75 Å². The highest BCUT2D eigenvalue weighted by Crippen LogP contribution is 2.45. The van der Waals surface area contributed by atoms with Gasteiger partial charge < -0.3 is 19.7 Å². The maximum atomic E-state index is 13.9. The third-order valence-electron chi connectivity index (χ3n) is 7.50. The Labute approximate surface area is 220 Å². The van der Waals surface area contributed by atoms with Gasteiger partial charge in [-0.3, -0.25) is 4.79 Å². The fraction of sp³-hybridized carbons (Fsp3) is 0.310. The SMILES string of the molecule is CCOC(=O)c1cnn2c(Nc3cccc(C)c3)c(C(=O)N3CCC4(CC3)COc3ccccc34)cnc12. The Morgan fingerprint density at radius 2 is 1.89 bits per heavy atom. The summed E-state index contributed by atoms with van der Waals surface area (Å²) in [6.45, 7) is 5.84.